The summed E-state index contributed by atoms with van der Waals surface area (Å²) >= 11 is 1.78. The second-order valence-electron chi connectivity index (χ2n) is 8.36. The Kier molecular flexibility index (Phi) is 6.63. The zero-order chi connectivity index (χ0) is 23.3. The van der Waals surface area contributed by atoms with Crippen LogP contribution in [-0.4, -0.2) is 27.5 Å². The van der Waals surface area contributed by atoms with Gasteiger partial charge in [-0.25, -0.2) is 4.98 Å². The smallest absolute Gasteiger partial charge is 0.251 e. The molecule has 5 rings (SSSR count). The molecule has 1 aromatic heterocycles. The van der Waals surface area contributed by atoms with Crippen molar-refractivity contribution in [3.05, 3.63) is 114 Å². The van der Waals surface area contributed by atoms with Gasteiger partial charge in [0.05, 0.1) is 23.6 Å². The van der Waals surface area contributed by atoms with Crippen LogP contribution < -0.4 is 5.32 Å². The van der Waals surface area contributed by atoms with Gasteiger partial charge in [0.1, 0.15) is 5.82 Å². The number of thioether (sulfide) groups is 1. The summed E-state index contributed by atoms with van der Waals surface area (Å²) < 4.78 is 2.27. The lowest BCUT2D eigenvalue weighted by Crippen LogP contribution is -2.31. The number of carbonyl (C=O) groups is 1. The first-order valence-corrected chi connectivity index (χ1v) is 12.9. The van der Waals surface area contributed by atoms with E-state index < -0.39 is 0 Å². The van der Waals surface area contributed by atoms with Crippen molar-refractivity contribution >= 4 is 39.5 Å². The van der Waals surface area contributed by atoms with Gasteiger partial charge in [-0.1, -0.05) is 72.8 Å². The third-order valence-electron chi connectivity index (χ3n) is 6.16. The molecule has 0 unspecified atom stereocenters. The molecule has 0 spiro atoms. The van der Waals surface area contributed by atoms with Gasteiger partial charge < -0.3 is 9.88 Å². The minimum Gasteiger partial charge on any atom is -0.342 e. The van der Waals surface area contributed by atoms with E-state index in [0.29, 0.717) is 12.1 Å². The van der Waals surface area contributed by atoms with Gasteiger partial charge in [-0.3, -0.25) is 4.79 Å². The van der Waals surface area contributed by atoms with E-state index in [0.717, 1.165) is 29.0 Å². The first kappa shape index (κ1) is 22.2. The van der Waals surface area contributed by atoms with Crippen LogP contribution in [0.5, 0.6) is 0 Å². The van der Waals surface area contributed by atoms with Crippen molar-refractivity contribution in [2.75, 3.05) is 12.0 Å². The van der Waals surface area contributed by atoms with Crippen LogP contribution in [0, 0.1) is 0 Å². The van der Waals surface area contributed by atoms with Gasteiger partial charge in [0, 0.05) is 5.56 Å². The number of hydrogen-bond donors (Lipinski definition) is 1. The molecule has 0 aliphatic carbocycles. The summed E-state index contributed by atoms with van der Waals surface area (Å²) in [6, 6.07) is 32.3. The highest BCUT2D eigenvalue weighted by Crippen LogP contribution is 2.27. The van der Waals surface area contributed by atoms with E-state index in [1.807, 2.05) is 48.5 Å². The highest BCUT2D eigenvalue weighted by Gasteiger charge is 2.23. The predicted molar refractivity (Wildman–Crippen MR) is 142 cm³/mol. The van der Waals surface area contributed by atoms with Crippen LogP contribution in [0.1, 0.15) is 34.2 Å². The summed E-state index contributed by atoms with van der Waals surface area (Å²) in [4.78, 5) is 18.1. The van der Waals surface area contributed by atoms with Crippen LogP contribution in [0.4, 0.5) is 0 Å². The second kappa shape index (κ2) is 10.1. The summed E-state index contributed by atoms with van der Waals surface area (Å²) in [7, 11) is 0. The van der Waals surface area contributed by atoms with Gasteiger partial charge in [-0.2, -0.15) is 11.8 Å². The van der Waals surface area contributed by atoms with Crippen LogP contribution in [-0.2, 0) is 6.54 Å². The van der Waals surface area contributed by atoms with Crippen molar-refractivity contribution in [3.8, 4) is 0 Å². The maximum absolute atomic E-state index is 13.1. The van der Waals surface area contributed by atoms with Gasteiger partial charge in [0.25, 0.3) is 5.91 Å². The van der Waals surface area contributed by atoms with Crippen molar-refractivity contribution in [1.29, 1.82) is 0 Å². The number of carbonyl (C=O) groups excluding carboxylic acids is 1. The first-order chi connectivity index (χ1) is 16.7. The normalized spacial score (nSPS) is 12.1. The minimum absolute atomic E-state index is 0.0736. The van der Waals surface area contributed by atoms with E-state index >= 15 is 0 Å². The molecule has 1 atom stereocenters. The molecule has 0 saturated heterocycles. The number of hydrogen-bond acceptors (Lipinski definition) is 3. The summed E-state index contributed by atoms with van der Waals surface area (Å²) in [6.07, 6.45) is 2.90. The molecule has 0 bridgehead atoms. The number of nitrogens with zero attached hydrogens (tertiary/aromatic N) is 2. The summed E-state index contributed by atoms with van der Waals surface area (Å²) in [5, 5.41) is 5.74. The van der Waals surface area contributed by atoms with Gasteiger partial charge in [-0.05, 0) is 59.0 Å². The third-order valence-corrected chi connectivity index (χ3v) is 6.80. The molecule has 5 aromatic rings. The first-order valence-electron chi connectivity index (χ1n) is 11.5. The fraction of sp³-hybridized carbons (Fsp3) is 0.172. The number of rotatable bonds is 8. The van der Waals surface area contributed by atoms with Crippen LogP contribution in [0.25, 0.3) is 21.8 Å². The average molecular weight is 466 g/mol. The highest BCUT2D eigenvalue weighted by molar-refractivity contribution is 7.98. The summed E-state index contributed by atoms with van der Waals surface area (Å²) in [5.41, 5.74) is 3.92. The number of fused-ring (bicyclic) bond motifs is 2. The van der Waals surface area contributed by atoms with Gasteiger partial charge >= 0.3 is 0 Å². The van der Waals surface area contributed by atoms with E-state index in [2.05, 4.69) is 64.7 Å². The Morgan fingerprint density at radius 1 is 0.912 bits per heavy atom. The van der Waals surface area contributed by atoms with Gasteiger partial charge in [-0.15, -0.1) is 0 Å². The van der Waals surface area contributed by atoms with E-state index in [4.69, 9.17) is 4.98 Å². The summed E-state index contributed by atoms with van der Waals surface area (Å²) in [6.45, 7) is 0.689. The fourth-order valence-electron chi connectivity index (χ4n) is 4.46. The molecular formula is C29H27N3OS. The van der Waals surface area contributed by atoms with Crippen molar-refractivity contribution in [2.45, 2.75) is 19.0 Å². The zero-order valence-corrected chi connectivity index (χ0v) is 20.0. The van der Waals surface area contributed by atoms with Crippen LogP contribution in [0.3, 0.4) is 0 Å². The Labute approximate surface area is 204 Å². The monoisotopic (exact) mass is 465 g/mol. The largest absolute Gasteiger partial charge is 0.342 e. The van der Waals surface area contributed by atoms with E-state index in [9.17, 15) is 4.79 Å². The number of aromatic nitrogens is 2. The molecule has 5 heteroatoms. The number of benzene rings is 4. The molecule has 0 aliphatic heterocycles. The minimum atomic E-state index is -0.192. The molecule has 4 nitrogen and oxygen atoms in total. The molecule has 170 valence electrons. The second-order valence-corrected chi connectivity index (χ2v) is 9.34. The Morgan fingerprint density at radius 2 is 1.65 bits per heavy atom. The predicted octanol–water partition coefficient (Wildman–Crippen LogP) is 6.46. The standard InChI is InChI=1S/C29H27N3OS/c1-34-19-18-26(31-29(33)22-11-3-2-4-12-22)28-30-25-16-7-8-17-27(25)32(28)20-23-14-9-13-21-10-5-6-15-24(21)23/h2-17,26H,18-20H2,1H3,(H,31,33)/t26-/m1/s1. The number of nitrogens with one attached hydrogen (secondary N) is 1. The Hall–Kier alpha value is -3.57. The molecular weight excluding hydrogens is 438 g/mol. The molecule has 0 saturated carbocycles. The number of imidazole rings is 1. The van der Waals surface area contributed by atoms with Crippen molar-refractivity contribution < 1.29 is 4.79 Å². The average Bonchev–Trinajstić information content (AvgIpc) is 3.25. The fourth-order valence-corrected chi connectivity index (χ4v) is 4.93. The molecule has 0 fully saturated rings. The van der Waals surface area contributed by atoms with E-state index in [1.165, 1.54) is 16.3 Å². The topological polar surface area (TPSA) is 46.9 Å². The van der Waals surface area contributed by atoms with Crippen LogP contribution in [0.2, 0.25) is 0 Å². The highest BCUT2D eigenvalue weighted by atomic mass is 32.2. The van der Waals surface area contributed by atoms with E-state index in [-0.39, 0.29) is 11.9 Å². The van der Waals surface area contributed by atoms with Crippen LogP contribution in [0.15, 0.2) is 97.1 Å². The Bertz CT molecular complexity index is 1420. The lowest BCUT2D eigenvalue weighted by molar-refractivity contribution is 0.0933. The maximum atomic E-state index is 13.1. The lowest BCUT2D eigenvalue weighted by Gasteiger charge is -2.20. The van der Waals surface area contributed by atoms with Crippen molar-refractivity contribution in [2.24, 2.45) is 0 Å². The molecule has 1 heterocycles. The number of para-hydroxylation sites is 2. The number of amides is 1. The molecule has 34 heavy (non-hydrogen) atoms. The Balaban J connectivity index is 1.58. The molecule has 4 aromatic carbocycles. The van der Waals surface area contributed by atoms with Gasteiger partial charge in [0.2, 0.25) is 0 Å². The summed E-state index contributed by atoms with van der Waals surface area (Å²) in [5.74, 6) is 1.75. The molecule has 1 N–H and O–H groups in total. The Morgan fingerprint density at radius 3 is 2.50 bits per heavy atom. The SMILES string of the molecule is CSCC[C@@H](NC(=O)c1ccccc1)c1nc2ccccc2n1Cc1cccc2ccccc12. The van der Waals surface area contributed by atoms with Crippen LogP contribution >= 0.6 is 11.8 Å². The van der Waals surface area contributed by atoms with E-state index in [1.54, 1.807) is 11.8 Å². The third kappa shape index (κ3) is 4.57. The van der Waals surface area contributed by atoms with Crippen molar-refractivity contribution in [1.82, 2.24) is 14.9 Å². The quantitative estimate of drug-likeness (QED) is 0.286. The lowest BCUT2D eigenvalue weighted by atomic mass is 10.0. The van der Waals surface area contributed by atoms with Crippen molar-refractivity contribution in [3.63, 3.8) is 0 Å². The molecule has 1 amide bonds. The van der Waals surface area contributed by atoms with Gasteiger partial charge in [0.15, 0.2) is 0 Å². The molecule has 0 aliphatic rings. The maximum Gasteiger partial charge on any atom is 0.251 e. The zero-order valence-electron chi connectivity index (χ0n) is 19.1. The molecule has 0 radical (unpaired) electrons.